The normalized spacial score (nSPS) is 21.1. The Morgan fingerprint density at radius 2 is 0.813 bits per heavy atom. The quantitative estimate of drug-likeness (QED) is 0.133. The molecule has 2 nitrogen and oxygen atoms in total. The van der Waals surface area contributed by atoms with Crippen LogP contribution in [0.5, 0.6) is 0 Å². The highest BCUT2D eigenvalue weighted by atomic mass is 32.1. The monoisotopic (exact) mass is 1050 g/mol. The molecule has 5 aliphatic rings. The van der Waals surface area contributed by atoms with Crippen molar-refractivity contribution in [3.63, 3.8) is 0 Å². The zero-order valence-electron chi connectivity index (χ0n) is 46.7. The van der Waals surface area contributed by atoms with Gasteiger partial charge in [-0.3, -0.25) is 0 Å². The average molecular weight is 1050 g/mol. The van der Waals surface area contributed by atoms with Gasteiger partial charge in [-0.2, -0.15) is 0 Å². The summed E-state index contributed by atoms with van der Waals surface area (Å²) >= 11 is 1.99. The third-order valence-corrected chi connectivity index (χ3v) is 26.0. The molecule has 1 aromatic heterocycles. The van der Waals surface area contributed by atoms with Crippen molar-refractivity contribution < 1.29 is 0 Å². The summed E-state index contributed by atoms with van der Waals surface area (Å²) in [4.78, 5) is 4.99. The topological polar surface area (TPSA) is 6.48 Å². The van der Waals surface area contributed by atoms with Gasteiger partial charge in [-0.1, -0.05) is 156 Å². The van der Waals surface area contributed by atoms with Crippen molar-refractivity contribution in [2.24, 2.45) is 23.7 Å². The zero-order valence-corrected chi connectivity index (χ0v) is 50.5. The molecule has 4 saturated carbocycles. The Balaban J connectivity index is 0.950. The molecule has 8 aromatic carbocycles. The van der Waals surface area contributed by atoms with Crippen molar-refractivity contribution in [1.29, 1.82) is 0 Å². The molecule has 0 amide bonds. The first kappa shape index (κ1) is 49.1. The van der Waals surface area contributed by atoms with Crippen molar-refractivity contribution in [3.05, 3.63) is 174 Å². The fourth-order valence-electron chi connectivity index (χ4n) is 14.8. The van der Waals surface area contributed by atoms with E-state index >= 15 is 0 Å². The van der Waals surface area contributed by atoms with Crippen LogP contribution in [0.25, 0.3) is 42.1 Å². The molecule has 0 aliphatic heterocycles. The summed E-state index contributed by atoms with van der Waals surface area (Å²) in [5.74, 6) is 3.13. The van der Waals surface area contributed by atoms with Crippen LogP contribution in [0.1, 0.15) is 69.6 Å². The van der Waals surface area contributed by atoms with Gasteiger partial charge in [0.15, 0.2) is 0 Å². The Morgan fingerprint density at radius 3 is 1.29 bits per heavy atom. The summed E-state index contributed by atoms with van der Waals surface area (Å²) in [7, 11) is -4.39. The number of thiophene rings is 1. The van der Waals surface area contributed by atoms with Gasteiger partial charge in [-0.15, -0.1) is 11.3 Å². The Hall–Kier alpha value is -5.51. The maximum Gasteiger partial charge on any atom is 0.0775 e. The fourth-order valence-corrected chi connectivity index (χ4v) is 19.5. The molecule has 6 heteroatoms. The molecule has 75 heavy (non-hydrogen) atoms. The molecule has 5 aliphatic carbocycles. The number of rotatable bonds is 9. The lowest BCUT2D eigenvalue weighted by atomic mass is 9.43. The number of anilines is 6. The molecule has 1 heterocycles. The molecule has 9 aromatic rings. The zero-order chi connectivity index (χ0) is 52.1. The number of hydrogen-bond donors (Lipinski definition) is 0. The second-order valence-electron chi connectivity index (χ2n) is 27.6. The van der Waals surface area contributed by atoms with Gasteiger partial charge in [0.05, 0.1) is 24.2 Å². The Bertz CT molecular complexity index is 3550. The largest absolute Gasteiger partial charge is 0.310 e. The standard InChI is InChI=1S/C69H76N2SSi3/c1-68(2,3)48-14-17-51(18-15-48)71(54-23-30-59(31-24-54)75(10,11)12)56-25-32-60-63-42-65-62(43-67(63)72-66(60)41-56)61-39-46-13-16-55(38-47(46)40-64(61)69(65)49-34-44-33-45(36-49)37-50(69)35-44)70(52-19-26-57(27-20-52)73(4,5)6)53-21-28-58(29-22-53)74(7,8)9/h13-32,38-45,49-50H,33-37H2,1-12H3. The van der Waals surface area contributed by atoms with Crippen LogP contribution in [0.4, 0.5) is 34.1 Å². The third-order valence-electron chi connectivity index (χ3n) is 18.6. The van der Waals surface area contributed by atoms with E-state index in [1.165, 1.54) is 129 Å². The molecule has 0 radical (unpaired) electrons. The highest BCUT2D eigenvalue weighted by Gasteiger charge is 2.61. The highest BCUT2D eigenvalue weighted by Crippen LogP contribution is 2.70. The molecule has 380 valence electrons. The molecule has 0 atom stereocenters. The highest BCUT2D eigenvalue weighted by molar-refractivity contribution is 7.25. The van der Waals surface area contributed by atoms with Crippen LogP contribution < -0.4 is 25.4 Å². The van der Waals surface area contributed by atoms with Gasteiger partial charge < -0.3 is 9.80 Å². The Morgan fingerprint density at radius 1 is 0.400 bits per heavy atom. The van der Waals surface area contributed by atoms with E-state index in [9.17, 15) is 0 Å². The lowest BCUT2D eigenvalue weighted by Crippen LogP contribution is -2.55. The lowest BCUT2D eigenvalue weighted by Gasteiger charge is -2.61. The van der Waals surface area contributed by atoms with Crippen LogP contribution in [0.3, 0.4) is 0 Å². The van der Waals surface area contributed by atoms with E-state index in [4.69, 9.17) is 0 Å². The summed E-state index contributed by atoms with van der Waals surface area (Å²) in [5.41, 5.74) is 15.0. The van der Waals surface area contributed by atoms with Crippen molar-refractivity contribution >= 4 is 116 Å². The molecule has 4 bridgehead atoms. The summed E-state index contributed by atoms with van der Waals surface area (Å²) in [6.45, 7) is 28.9. The first-order valence-electron chi connectivity index (χ1n) is 28.2. The van der Waals surface area contributed by atoms with Crippen LogP contribution in [0.15, 0.2) is 158 Å². The minimum atomic E-state index is -1.46. The van der Waals surface area contributed by atoms with Gasteiger partial charge in [-0.25, -0.2) is 0 Å². The van der Waals surface area contributed by atoms with Crippen LogP contribution >= 0.6 is 11.3 Å². The molecule has 1 spiro atoms. The second kappa shape index (κ2) is 17.2. The molecule has 4 fully saturated rings. The summed E-state index contributed by atoms with van der Waals surface area (Å²) in [6.07, 6.45) is 6.94. The first-order chi connectivity index (χ1) is 35.6. The average Bonchev–Trinajstić information content (AvgIpc) is 4.07. The van der Waals surface area contributed by atoms with Gasteiger partial charge in [0.2, 0.25) is 0 Å². The van der Waals surface area contributed by atoms with E-state index in [0.29, 0.717) is 11.8 Å². The van der Waals surface area contributed by atoms with Gasteiger partial charge in [-0.05, 0) is 197 Å². The van der Waals surface area contributed by atoms with Crippen molar-refractivity contribution in [3.8, 4) is 11.1 Å². The van der Waals surface area contributed by atoms with Crippen molar-refractivity contribution in [2.75, 3.05) is 9.80 Å². The smallest absolute Gasteiger partial charge is 0.0775 e. The maximum atomic E-state index is 2.73. The minimum absolute atomic E-state index is 0.0435. The lowest BCUT2D eigenvalue weighted by molar-refractivity contribution is -0.0398. The predicted molar refractivity (Wildman–Crippen MR) is 337 cm³/mol. The van der Waals surface area contributed by atoms with Gasteiger partial charge in [0, 0.05) is 59.7 Å². The van der Waals surface area contributed by atoms with Crippen molar-refractivity contribution in [2.45, 2.75) is 123 Å². The molecule has 0 unspecified atom stereocenters. The molecule has 0 saturated heterocycles. The van der Waals surface area contributed by atoms with Gasteiger partial charge in [0.1, 0.15) is 0 Å². The Kier molecular flexibility index (Phi) is 11.3. The number of hydrogen-bond acceptors (Lipinski definition) is 3. The van der Waals surface area contributed by atoms with E-state index in [1.807, 2.05) is 11.3 Å². The Labute approximate surface area is 454 Å². The van der Waals surface area contributed by atoms with E-state index in [-0.39, 0.29) is 10.8 Å². The molecular weight excluding hydrogens is 973 g/mol. The predicted octanol–water partition coefficient (Wildman–Crippen LogP) is 18.8. The number of fused-ring (bicyclic) bond motifs is 7. The third kappa shape index (κ3) is 8.17. The van der Waals surface area contributed by atoms with Crippen LogP contribution in [0.2, 0.25) is 58.9 Å². The van der Waals surface area contributed by atoms with Gasteiger partial charge >= 0.3 is 0 Å². The van der Waals surface area contributed by atoms with E-state index in [0.717, 1.165) is 11.8 Å². The number of benzene rings is 8. The molecular formula is C69H76N2SSi3. The fraction of sp³-hybridized carbons (Fsp3) is 0.333. The van der Waals surface area contributed by atoms with E-state index in [2.05, 4.69) is 247 Å². The summed E-state index contributed by atoms with van der Waals surface area (Å²) in [6, 6.07) is 63.2. The van der Waals surface area contributed by atoms with Crippen molar-refractivity contribution in [1.82, 2.24) is 0 Å². The van der Waals surface area contributed by atoms with E-state index < -0.39 is 24.2 Å². The maximum absolute atomic E-state index is 2.73. The molecule has 0 N–H and O–H groups in total. The summed E-state index contributed by atoms with van der Waals surface area (Å²) < 4.78 is 2.76. The number of nitrogens with zero attached hydrogens (tertiary/aromatic N) is 2. The SMILES string of the molecule is CC(C)(C)c1ccc(N(c2ccc([Si](C)(C)C)cc2)c2ccc3c(c2)sc2cc4c(cc23)C2(c3cc5cc(N(c6ccc([Si](C)(C)C)cc6)c6ccc([Si](C)(C)C)cc6)ccc5cc3-4)C3CC4CC(C3)CC2C4)cc1. The summed E-state index contributed by atoms with van der Waals surface area (Å²) in [5, 5.41) is 10.0. The van der Waals surface area contributed by atoms with Crippen LogP contribution in [0, 0.1) is 23.7 Å². The van der Waals surface area contributed by atoms with Crippen LogP contribution in [-0.4, -0.2) is 24.2 Å². The minimum Gasteiger partial charge on any atom is -0.310 e. The second-order valence-corrected chi connectivity index (χ2v) is 44.0. The van der Waals surface area contributed by atoms with Gasteiger partial charge in [0.25, 0.3) is 0 Å². The first-order valence-corrected chi connectivity index (χ1v) is 39.5. The van der Waals surface area contributed by atoms with E-state index in [1.54, 1.807) is 11.1 Å². The molecule has 14 rings (SSSR count). The van der Waals surface area contributed by atoms with Crippen LogP contribution in [-0.2, 0) is 10.8 Å².